The maximum absolute atomic E-state index is 5.89. The highest BCUT2D eigenvalue weighted by molar-refractivity contribution is 5.63. The van der Waals surface area contributed by atoms with Gasteiger partial charge in [-0.25, -0.2) is 9.50 Å². The molecule has 120 valence electrons. The van der Waals surface area contributed by atoms with Crippen LogP contribution in [-0.2, 0) is 6.42 Å². The molecule has 0 saturated heterocycles. The number of aryl methyl sites for hydroxylation is 1. The molecule has 3 aromatic heterocycles. The number of benzene rings is 1. The minimum atomic E-state index is 0.576. The summed E-state index contributed by atoms with van der Waals surface area (Å²) >= 11 is 0. The molecule has 0 fully saturated rings. The highest BCUT2D eigenvalue weighted by Crippen LogP contribution is 2.30. The molecule has 0 atom stereocenters. The number of nitrogens with zero attached hydrogens (tertiary/aromatic N) is 3. The van der Waals surface area contributed by atoms with E-state index in [1.807, 2.05) is 53.9 Å². The Morgan fingerprint density at radius 2 is 1.96 bits per heavy atom. The van der Waals surface area contributed by atoms with E-state index in [9.17, 15) is 0 Å². The van der Waals surface area contributed by atoms with Crippen LogP contribution in [0.1, 0.15) is 17.1 Å². The van der Waals surface area contributed by atoms with Crippen LogP contribution in [0.3, 0.4) is 0 Å². The van der Waals surface area contributed by atoms with Gasteiger partial charge in [-0.1, -0.05) is 18.2 Å². The van der Waals surface area contributed by atoms with Gasteiger partial charge in [-0.2, -0.15) is 5.10 Å². The van der Waals surface area contributed by atoms with Crippen molar-refractivity contribution in [3.8, 4) is 17.2 Å². The van der Waals surface area contributed by atoms with Crippen molar-refractivity contribution < 1.29 is 9.15 Å². The first-order valence-corrected chi connectivity index (χ1v) is 7.77. The van der Waals surface area contributed by atoms with Gasteiger partial charge in [0.1, 0.15) is 11.5 Å². The number of para-hydroxylation sites is 1. The molecule has 0 amide bonds. The van der Waals surface area contributed by atoms with Gasteiger partial charge in [-0.15, -0.1) is 0 Å². The molecule has 4 aromatic rings. The maximum atomic E-state index is 5.89. The highest BCUT2D eigenvalue weighted by atomic mass is 16.5. The van der Waals surface area contributed by atoms with Gasteiger partial charge >= 0.3 is 0 Å². The number of oxazole rings is 1. The second-order valence-corrected chi connectivity index (χ2v) is 5.58. The standard InChI is InChI=1S/C19H17N3O2/c1-13-17(12-15-7-5-6-14-10-11-20-22(14)15)21-19(24-13)16-8-3-4-9-18(16)23-2/h3-11H,12H2,1-2H3. The van der Waals surface area contributed by atoms with Crippen molar-refractivity contribution in [3.05, 3.63) is 71.9 Å². The van der Waals surface area contributed by atoms with Gasteiger partial charge in [-0.05, 0) is 37.3 Å². The second-order valence-electron chi connectivity index (χ2n) is 5.58. The molecule has 0 unspecified atom stereocenters. The number of ether oxygens (including phenoxy) is 1. The van der Waals surface area contributed by atoms with E-state index in [1.54, 1.807) is 13.3 Å². The van der Waals surface area contributed by atoms with Crippen LogP contribution in [0.4, 0.5) is 0 Å². The maximum Gasteiger partial charge on any atom is 0.230 e. The largest absolute Gasteiger partial charge is 0.496 e. The Morgan fingerprint density at radius 1 is 1.08 bits per heavy atom. The number of hydrogen-bond donors (Lipinski definition) is 0. The molecule has 5 heteroatoms. The first-order valence-electron chi connectivity index (χ1n) is 7.77. The van der Waals surface area contributed by atoms with E-state index in [2.05, 4.69) is 16.1 Å². The van der Waals surface area contributed by atoms with Crippen LogP contribution in [0, 0.1) is 6.92 Å². The predicted octanol–water partition coefficient (Wildman–Crippen LogP) is 3.90. The number of fused-ring (bicyclic) bond motifs is 1. The molecule has 0 aliphatic carbocycles. The first-order chi connectivity index (χ1) is 11.8. The van der Waals surface area contributed by atoms with E-state index in [0.717, 1.165) is 34.0 Å². The number of hydrogen-bond acceptors (Lipinski definition) is 4. The molecule has 0 radical (unpaired) electrons. The minimum Gasteiger partial charge on any atom is -0.496 e. The molecule has 5 nitrogen and oxygen atoms in total. The van der Waals surface area contributed by atoms with Crippen molar-refractivity contribution in [2.24, 2.45) is 0 Å². The normalized spacial score (nSPS) is 11.1. The fourth-order valence-electron chi connectivity index (χ4n) is 2.84. The van der Waals surface area contributed by atoms with Gasteiger partial charge in [0.2, 0.25) is 5.89 Å². The van der Waals surface area contributed by atoms with Crippen molar-refractivity contribution in [1.82, 2.24) is 14.6 Å². The Labute approximate surface area is 139 Å². The van der Waals surface area contributed by atoms with Crippen LogP contribution >= 0.6 is 0 Å². The zero-order chi connectivity index (χ0) is 16.5. The summed E-state index contributed by atoms with van der Waals surface area (Å²) in [6, 6.07) is 15.8. The molecule has 0 spiro atoms. The Balaban J connectivity index is 1.73. The first kappa shape index (κ1) is 14.5. The molecule has 1 aromatic carbocycles. The molecule has 0 bridgehead atoms. The van der Waals surface area contributed by atoms with E-state index in [0.29, 0.717) is 12.3 Å². The second kappa shape index (κ2) is 5.85. The van der Waals surface area contributed by atoms with Gasteiger partial charge in [0, 0.05) is 18.3 Å². The summed E-state index contributed by atoms with van der Waals surface area (Å²) in [4.78, 5) is 4.69. The Hall–Kier alpha value is -3.08. The summed E-state index contributed by atoms with van der Waals surface area (Å²) in [5.41, 5.74) is 3.89. The zero-order valence-electron chi connectivity index (χ0n) is 13.6. The summed E-state index contributed by atoms with van der Waals surface area (Å²) in [6.45, 7) is 1.93. The monoisotopic (exact) mass is 319 g/mol. The van der Waals surface area contributed by atoms with E-state index in [4.69, 9.17) is 9.15 Å². The topological polar surface area (TPSA) is 52.6 Å². The van der Waals surface area contributed by atoms with Gasteiger partial charge < -0.3 is 9.15 Å². The molecule has 0 aliphatic heterocycles. The molecular formula is C19H17N3O2. The van der Waals surface area contributed by atoms with E-state index < -0.39 is 0 Å². The van der Waals surface area contributed by atoms with Crippen LogP contribution in [0.5, 0.6) is 5.75 Å². The zero-order valence-corrected chi connectivity index (χ0v) is 13.6. The Morgan fingerprint density at radius 3 is 2.83 bits per heavy atom. The Kier molecular flexibility index (Phi) is 3.54. The average molecular weight is 319 g/mol. The molecule has 4 rings (SSSR count). The van der Waals surface area contributed by atoms with Gasteiger partial charge in [-0.3, -0.25) is 0 Å². The molecular weight excluding hydrogens is 302 g/mol. The third kappa shape index (κ3) is 2.44. The van der Waals surface area contributed by atoms with E-state index >= 15 is 0 Å². The van der Waals surface area contributed by atoms with Crippen LogP contribution in [0.25, 0.3) is 17.0 Å². The lowest BCUT2D eigenvalue weighted by Gasteiger charge is -2.04. The van der Waals surface area contributed by atoms with Crippen molar-refractivity contribution in [1.29, 1.82) is 0 Å². The molecule has 0 N–H and O–H groups in total. The van der Waals surface area contributed by atoms with Crippen LogP contribution in [0.2, 0.25) is 0 Å². The number of rotatable bonds is 4. The lowest BCUT2D eigenvalue weighted by molar-refractivity contribution is 0.414. The van der Waals surface area contributed by atoms with Crippen LogP contribution in [-0.4, -0.2) is 21.7 Å². The van der Waals surface area contributed by atoms with Crippen molar-refractivity contribution >= 4 is 5.52 Å². The van der Waals surface area contributed by atoms with Gasteiger partial charge in [0.05, 0.1) is 23.9 Å². The number of aromatic nitrogens is 3. The van der Waals surface area contributed by atoms with E-state index in [1.165, 1.54) is 0 Å². The fourth-order valence-corrected chi connectivity index (χ4v) is 2.84. The minimum absolute atomic E-state index is 0.576. The average Bonchev–Trinajstić information content (AvgIpc) is 3.22. The summed E-state index contributed by atoms with van der Waals surface area (Å²) < 4.78 is 13.2. The predicted molar refractivity (Wildman–Crippen MR) is 91.2 cm³/mol. The fraction of sp³-hybridized carbons (Fsp3) is 0.158. The number of pyridine rings is 1. The van der Waals surface area contributed by atoms with E-state index in [-0.39, 0.29) is 0 Å². The lowest BCUT2D eigenvalue weighted by atomic mass is 10.2. The third-order valence-corrected chi connectivity index (χ3v) is 4.08. The number of methoxy groups -OCH3 is 1. The summed E-state index contributed by atoms with van der Waals surface area (Å²) in [7, 11) is 1.65. The summed E-state index contributed by atoms with van der Waals surface area (Å²) in [6.07, 6.45) is 2.46. The summed E-state index contributed by atoms with van der Waals surface area (Å²) in [5.74, 6) is 2.13. The van der Waals surface area contributed by atoms with Crippen LogP contribution < -0.4 is 4.74 Å². The van der Waals surface area contributed by atoms with Crippen molar-refractivity contribution in [2.45, 2.75) is 13.3 Å². The quantitative estimate of drug-likeness (QED) is 0.572. The van der Waals surface area contributed by atoms with Crippen molar-refractivity contribution in [2.75, 3.05) is 7.11 Å². The van der Waals surface area contributed by atoms with Crippen molar-refractivity contribution in [3.63, 3.8) is 0 Å². The lowest BCUT2D eigenvalue weighted by Crippen LogP contribution is -2.00. The SMILES string of the molecule is COc1ccccc1-c1nc(Cc2cccc3ccnn23)c(C)o1. The third-order valence-electron chi connectivity index (χ3n) is 4.08. The van der Waals surface area contributed by atoms with Gasteiger partial charge in [0.15, 0.2) is 0 Å². The molecule has 24 heavy (non-hydrogen) atoms. The Bertz CT molecular complexity index is 1000. The molecule has 0 saturated carbocycles. The highest BCUT2D eigenvalue weighted by Gasteiger charge is 2.16. The van der Waals surface area contributed by atoms with Gasteiger partial charge in [0.25, 0.3) is 0 Å². The molecule has 3 heterocycles. The summed E-state index contributed by atoms with van der Waals surface area (Å²) in [5, 5.41) is 4.38. The molecule has 0 aliphatic rings. The van der Waals surface area contributed by atoms with Crippen LogP contribution in [0.15, 0.2) is 59.1 Å². The smallest absolute Gasteiger partial charge is 0.230 e.